The lowest BCUT2D eigenvalue weighted by atomic mass is 9.94. The van der Waals surface area contributed by atoms with Gasteiger partial charge in [0.15, 0.2) is 0 Å². The van der Waals surface area contributed by atoms with Crippen molar-refractivity contribution >= 4 is 31.9 Å². The molecule has 0 spiro atoms. The molecule has 0 aliphatic heterocycles. The van der Waals surface area contributed by atoms with E-state index in [9.17, 15) is 4.39 Å². The van der Waals surface area contributed by atoms with Gasteiger partial charge in [-0.1, -0.05) is 47.1 Å². The minimum Gasteiger partial charge on any atom is -0.306 e. The Hall–Kier alpha value is -0.710. The van der Waals surface area contributed by atoms with Crippen LogP contribution in [0.5, 0.6) is 0 Å². The van der Waals surface area contributed by atoms with E-state index in [0.717, 1.165) is 28.6 Å². The van der Waals surface area contributed by atoms with Crippen LogP contribution >= 0.6 is 31.9 Å². The summed E-state index contributed by atoms with van der Waals surface area (Å²) >= 11 is 6.83. The van der Waals surface area contributed by atoms with Gasteiger partial charge in [-0.3, -0.25) is 0 Å². The summed E-state index contributed by atoms with van der Waals surface area (Å²) < 4.78 is 16.0. The monoisotopic (exact) mass is 413 g/mol. The third kappa shape index (κ3) is 3.74. The highest BCUT2D eigenvalue weighted by atomic mass is 79.9. The first-order valence-corrected chi connectivity index (χ1v) is 8.57. The lowest BCUT2D eigenvalue weighted by Crippen LogP contribution is -2.25. The maximum Gasteiger partial charge on any atom is 0.142 e. The molecule has 1 atom stereocenters. The molecule has 2 aromatic rings. The number of hydrogen-bond acceptors (Lipinski definition) is 1. The predicted molar refractivity (Wildman–Crippen MR) is 93.1 cm³/mol. The van der Waals surface area contributed by atoms with Gasteiger partial charge in [-0.25, -0.2) is 4.39 Å². The molecule has 1 N–H and O–H groups in total. The number of nitrogens with one attached hydrogen (secondary N) is 1. The van der Waals surface area contributed by atoms with Crippen LogP contribution in [0.25, 0.3) is 0 Å². The Morgan fingerprint density at radius 3 is 2.33 bits per heavy atom. The number of hydrogen-bond donors (Lipinski definition) is 1. The van der Waals surface area contributed by atoms with E-state index >= 15 is 0 Å². The molecule has 0 aliphatic carbocycles. The molecule has 0 saturated heterocycles. The zero-order valence-electron chi connectivity index (χ0n) is 12.1. The van der Waals surface area contributed by atoms with E-state index in [-0.39, 0.29) is 11.9 Å². The maximum atomic E-state index is 14.5. The topological polar surface area (TPSA) is 12.0 Å². The Morgan fingerprint density at radius 2 is 1.67 bits per heavy atom. The molecule has 2 rings (SSSR count). The van der Waals surface area contributed by atoms with Crippen LogP contribution in [0, 0.1) is 12.7 Å². The van der Waals surface area contributed by atoms with E-state index in [1.165, 1.54) is 0 Å². The van der Waals surface area contributed by atoms with Crippen LogP contribution in [0.4, 0.5) is 4.39 Å². The fraction of sp³-hybridized carbons (Fsp3) is 0.294. The highest BCUT2D eigenvalue weighted by molar-refractivity contribution is 9.10. The first-order chi connectivity index (χ1) is 10.1. The van der Waals surface area contributed by atoms with E-state index in [0.29, 0.717) is 10.0 Å². The van der Waals surface area contributed by atoms with E-state index in [2.05, 4.69) is 51.0 Å². The summed E-state index contributed by atoms with van der Waals surface area (Å²) in [7, 11) is 0. The summed E-state index contributed by atoms with van der Waals surface area (Å²) in [6.45, 7) is 4.99. The molecular formula is C17H18Br2FN. The Balaban J connectivity index is 2.52. The van der Waals surface area contributed by atoms with E-state index < -0.39 is 0 Å². The van der Waals surface area contributed by atoms with Crippen molar-refractivity contribution in [1.29, 1.82) is 0 Å². The second-order valence-corrected chi connectivity index (χ2v) is 6.69. The van der Waals surface area contributed by atoms with E-state index in [1.807, 2.05) is 30.3 Å². The molecule has 0 aliphatic rings. The van der Waals surface area contributed by atoms with Gasteiger partial charge in [-0.05, 0) is 59.1 Å². The van der Waals surface area contributed by atoms with Gasteiger partial charge in [0.05, 0.1) is 10.5 Å². The summed E-state index contributed by atoms with van der Waals surface area (Å²) in [5.74, 6) is -0.203. The van der Waals surface area contributed by atoms with Crippen LogP contribution in [0.2, 0.25) is 0 Å². The van der Waals surface area contributed by atoms with Crippen molar-refractivity contribution in [3.8, 4) is 0 Å². The molecule has 0 aromatic heterocycles. The average Bonchev–Trinajstić information content (AvgIpc) is 2.47. The summed E-state index contributed by atoms with van der Waals surface area (Å²) in [4.78, 5) is 0. The zero-order chi connectivity index (χ0) is 15.4. The van der Waals surface area contributed by atoms with Crippen LogP contribution in [0.15, 0.2) is 45.3 Å². The molecule has 0 radical (unpaired) electrons. The summed E-state index contributed by atoms with van der Waals surface area (Å²) in [6, 6.07) is 11.3. The van der Waals surface area contributed by atoms with Crippen molar-refractivity contribution in [3.63, 3.8) is 0 Å². The van der Waals surface area contributed by atoms with Gasteiger partial charge in [-0.15, -0.1) is 0 Å². The van der Waals surface area contributed by atoms with Gasteiger partial charge >= 0.3 is 0 Å². The first-order valence-electron chi connectivity index (χ1n) is 6.98. The third-order valence-electron chi connectivity index (χ3n) is 3.51. The quantitative estimate of drug-likeness (QED) is 0.656. The van der Waals surface area contributed by atoms with Gasteiger partial charge in [0.25, 0.3) is 0 Å². The van der Waals surface area contributed by atoms with Crippen molar-refractivity contribution in [2.75, 3.05) is 6.54 Å². The Morgan fingerprint density at radius 1 is 1.05 bits per heavy atom. The molecule has 21 heavy (non-hydrogen) atoms. The minimum atomic E-state index is -0.203. The number of halogens is 3. The predicted octanol–water partition coefficient (Wildman–Crippen LogP) is 5.75. The normalized spacial score (nSPS) is 12.4. The Bertz CT molecular complexity index is 577. The molecule has 2 aromatic carbocycles. The minimum absolute atomic E-state index is 0.153. The molecule has 1 unspecified atom stereocenters. The molecule has 0 fully saturated rings. The molecule has 0 bridgehead atoms. The van der Waals surface area contributed by atoms with E-state index in [1.54, 1.807) is 6.07 Å². The second-order valence-electron chi connectivity index (χ2n) is 4.98. The molecule has 0 saturated carbocycles. The van der Waals surface area contributed by atoms with Crippen molar-refractivity contribution in [2.24, 2.45) is 0 Å². The molecule has 112 valence electrons. The summed E-state index contributed by atoms with van der Waals surface area (Å²) in [5.41, 5.74) is 2.89. The largest absolute Gasteiger partial charge is 0.306 e. The summed E-state index contributed by atoms with van der Waals surface area (Å²) in [5, 5.41) is 3.46. The molecule has 0 amide bonds. The van der Waals surface area contributed by atoms with Gasteiger partial charge in [0.2, 0.25) is 0 Å². The van der Waals surface area contributed by atoms with Crippen LogP contribution in [-0.2, 0) is 0 Å². The Kier molecular flexibility index (Phi) is 5.97. The third-order valence-corrected chi connectivity index (χ3v) is 4.98. The Labute approximate surface area is 142 Å². The smallest absolute Gasteiger partial charge is 0.142 e. The summed E-state index contributed by atoms with van der Waals surface area (Å²) in [6.07, 6.45) is 0.999. The van der Waals surface area contributed by atoms with Crippen molar-refractivity contribution < 1.29 is 4.39 Å². The lowest BCUT2D eigenvalue weighted by molar-refractivity contribution is 0.542. The lowest BCUT2D eigenvalue weighted by Gasteiger charge is -2.23. The second kappa shape index (κ2) is 7.52. The first kappa shape index (κ1) is 16.7. The number of benzene rings is 2. The van der Waals surface area contributed by atoms with Gasteiger partial charge in [0.1, 0.15) is 5.82 Å². The maximum absolute atomic E-state index is 14.5. The zero-order valence-corrected chi connectivity index (χ0v) is 15.3. The van der Waals surface area contributed by atoms with Crippen LogP contribution < -0.4 is 5.32 Å². The van der Waals surface area contributed by atoms with E-state index in [4.69, 9.17) is 0 Å². The SMILES string of the molecule is CCCNC(c1cccc(Br)c1C)c1cccc(Br)c1F. The molecule has 0 heterocycles. The van der Waals surface area contributed by atoms with Crippen LogP contribution in [0.3, 0.4) is 0 Å². The van der Waals surface area contributed by atoms with Gasteiger partial charge < -0.3 is 5.32 Å². The highest BCUT2D eigenvalue weighted by Crippen LogP contribution is 2.32. The fourth-order valence-electron chi connectivity index (χ4n) is 2.36. The van der Waals surface area contributed by atoms with Crippen LogP contribution in [-0.4, -0.2) is 6.54 Å². The average molecular weight is 415 g/mol. The van der Waals surface area contributed by atoms with Crippen molar-refractivity contribution in [1.82, 2.24) is 5.32 Å². The van der Waals surface area contributed by atoms with Crippen molar-refractivity contribution in [2.45, 2.75) is 26.3 Å². The fourth-order valence-corrected chi connectivity index (χ4v) is 3.12. The van der Waals surface area contributed by atoms with Gasteiger partial charge in [-0.2, -0.15) is 0 Å². The molecule has 1 nitrogen and oxygen atoms in total. The highest BCUT2D eigenvalue weighted by Gasteiger charge is 2.20. The van der Waals surface area contributed by atoms with Gasteiger partial charge in [0, 0.05) is 10.0 Å². The standard InChI is InChI=1S/C17H18Br2FN/c1-3-10-21-17(12-6-4-8-14(18)11(12)2)13-7-5-9-15(19)16(13)20/h4-9,17,21H,3,10H2,1-2H3. The molecular weight excluding hydrogens is 397 g/mol. The van der Waals surface area contributed by atoms with Crippen LogP contribution in [0.1, 0.15) is 36.1 Å². The number of rotatable bonds is 5. The van der Waals surface area contributed by atoms with Crippen molar-refractivity contribution in [3.05, 3.63) is 67.9 Å². The molecule has 4 heteroatoms.